The Labute approximate surface area is 203 Å². The van der Waals surface area contributed by atoms with E-state index < -0.39 is 10.4 Å². The highest BCUT2D eigenvalue weighted by atomic mass is 32.3. The monoisotopic (exact) mass is 503 g/mol. The van der Waals surface area contributed by atoms with Crippen LogP contribution in [0.2, 0.25) is 0 Å². The van der Waals surface area contributed by atoms with Crippen LogP contribution in [0.1, 0.15) is 10.5 Å². The number of hydrogen-bond donors (Lipinski definition) is 1. The Morgan fingerprint density at radius 2 is 1.51 bits per heavy atom. The van der Waals surface area contributed by atoms with Crippen molar-refractivity contribution in [2.75, 3.05) is 40.3 Å². The molecule has 1 amide bonds. The number of rotatable bonds is 4. The summed E-state index contributed by atoms with van der Waals surface area (Å²) in [5, 5.41) is 0. The smallest absolute Gasteiger partial charge is 0.272 e. The SMILES string of the molecule is C[N+]1(C)CCN(C(=O)c2cccc(-c3ccc(Oc4ccc(F)cc4)cc3)n2)CC1.O=S(=O)([O-])O. The molecule has 1 saturated heterocycles. The molecule has 3 aromatic rings. The molecule has 0 atom stereocenters. The molecule has 0 radical (unpaired) electrons. The lowest BCUT2D eigenvalue weighted by Crippen LogP contribution is -2.56. The van der Waals surface area contributed by atoms with E-state index in [-0.39, 0.29) is 11.7 Å². The summed E-state index contributed by atoms with van der Waals surface area (Å²) >= 11 is 0. The number of halogens is 1. The van der Waals surface area contributed by atoms with Gasteiger partial charge in [0.05, 0.1) is 46.0 Å². The van der Waals surface area contributed by atoms with E-state index >= 15 is 0 Å². The van der Waals surface area contributed by atoms with Gasteiger partial charge in [-0.05, 0) is 60.7 Å². The first-order chi connectivity index (χ1) is 16.4. The van der Waals surface area contributed by atoms with E-state index in [1.165, 1.54) is 12.1 Å². The van der Waals surface area contributed by atoms with Crippen LogP contribution in [0.3, 0.4) is 0 Å². The van der Waals surface area contributed by atoms with Gasteiger partial charge in [-0.25, -0.2) is 17.8 Å². The van der Waals surface area contributed by atoms with Crippen molar-refractivity contribution in [2.24, 2.45) is 0 Å². The first-order valence-corrected chi connectivity index (χ1v) is 12.1. The zero-order valence-corrected chi connectivity index (χ0v) is 20.1. The minimum atomic E-state index is -4.92. The summed E-state index contributed by atoms with van der Waals surface area (Å²) in [6.45, 7) is 3.38. The highest BCUT2D eigenvalue weighted by molar-refractivity contribution is 7.79. The predicted molar refractivity (Wildman–Crippen MR) is 126 cm³/mol. The second-order valence-electron chi connectivity index (χ2n) is 8.59. The molecular weight excluding hydrogens is 477 g/mol. The van der Waals surface area contributed by atoms with Gasteiger partial charge in [-0.1, -0.05) is 6.07 Å². The Morgan fingerprint density at radius 3 is 2.06 bits per heavy atom. The molecule has 9 nitrogen and oxygen atoms in total. The van der Waals surface area contributed by atoms with Crippen molar-refractivity contribution in [1.82, 2.24) is 9.88 Å². The number of ether oxygens (including phenoxy) is 1. The Hall–Kier alpha value is -3.38. The highest BCUT2D eigenvalue weighted by Gasteiger charge is 2.28. The van der Waals surface area contributed by atoms with Gasteiger partial charge >= 0.3 is 0 Å². The molecule has 1 aliphatic rings. The molecule has 2 aromatic carbocycles. The molecule has 0 aliphatic carbocycles. The predicted octanol–water partition coefficient (Wildman–Crippen LogP) is 3.22. The number of pyridine rings is 1. The summed E-state index contributed by atoms with van der Waals surface area (Å²) in [4.78, 5) is 19.4. The van der Waals surface area contributed by atoms with Gasteiger partial charge < -0.3 is 18.7 Å². The molecule has 0 spiro atoms. The van der Waals surface area contributed by atoms with Crippen LogP contribution in [0.4, 0.5) is 4.39 Å². The number of carbonyl (C=O) groups is 1. The number of carbonyl (C=O) groups excluding carboxylic acids is 1. The molecule has 4 rings (SSSR count). The topological polar surface area (TPSA) is 120 Å². The van der Waals surface area contributed by atoms with Crippen LogP contribution in [0.15, 0.2) is 66.7 Å². The molecule has 1 N–H and O–H groups in total. The molecule has 35 heavy (non-hydrogen) atoms. The first-order valence-electron chi connectivity index (χ1n) is 10.7. The molecule has 0 unspecified atom stereocenters. The maximum Gasteiger partial charge on any atom is 0.272 e. The lowest BCUT2D eigenvalue weighted by Gasteiger charge is -2.38. The van der Waals surface area contributed by atoms with E-state index in [4.69, 9.17) is 22.3 Å². The number of likely N-dealkylation sites (N-methyl/N-ethyl adjacent to an activating group) is 1. The normalized spacial score (nSPS) is 15.1. The lowest BCUT2D eigenvalue weighted by atomic mass is 10.1. The van der Waals surface area contributed by atoms with E-state index in [0.717, 1.165) is 41.9 Å². The van der Waals surface area contributed by atoms with Crippen molar-refractivity contribution in [3.63, 3.8) is 0 Å². The molecular formula is C24H26FN3O6S. The molecule has 186 valence electrons. The summed E-state index contributed by atoms with van der Waals surface area (Å²) in [6.07, 6.45) is 0. The summed E-state index contributed by atoms with van der Waals surface area (Å²) in [7, 11) is -0.547. The third-order valence-corrected chi connectivity index (χ3v) is 5.41. The zero-order valence-electron chi connectivity index (χ0n) is 19.3. The molecule has 1 aliphatic heterocycles. The molecule has 1 aromatic heterocycles. The van der Waals surface area contributed by atoms with Crippen LogP contribution in [0.25, 0.3) is 11.3 Å². The van der Waals surface area contributed by atoms with Gasteiger partial charge in [-0.15, -0.1) is 0 Å². The van der Waals surface area contributed by atoms with Crippen molar-refractivity contribution in [3.05, 3.63) is 78.2 Å². The van der Waals surface area contributed by atoms with Gasteiger partial charge in [0.25, 0.3) is 5.91 Å². The van der Waals surface area contributed by atoms with E-state index in [9.17, 15) is 9.18 Å². The van der Waals surface area contributed by atoms with Crippen LogP contribution < -0.4 is 4.74 Å². The zero-order chi connectivity index (χ0) is 25.6. The Kier molecular flexibility index (Phi) is 8.18. The van der Waals surface area contributed by atoms with E-state index in [1.807, 2.05) is 41.3 Å². The van der Waals surface area contributed by atoms with Gasteiger partial charge in [-0.2, -0.15) is 0 Å². The lowest BCUT2D eigenvalue weighted by molar-refractivity contribution is -0.894. The van der Waals surface area contributed by atoms with E-state index in [2.05, 4.69) is 19.1 Å². The third kappa shape index (κ3) is 8.41. The van der Waals surface area contributed by atoms with Crippen LogP contribution in [-0.4, -0.2) is 78.1 Å². The molecule has 0 bridgehead atoms. The number of piperazine rings is 1. The summed E-state index contributed by atoms with van der Waals surface area (Å²) in [6, 6.07) is 18.9. The van der Waals surface area contributed by atoms with Crippen molar-refractivity contribution in [1.29, 1.82) is 0 Å². The number of benzene rings is 2. The Morgan fingerprint density at radius 1 is 1.00 bits per heavy atom. The molecule has 11 heteroatoms. The maximum atomic E-state index is 13.0. The largest absolute Gasteiger partial charge is 0.726 e. The second-order valence-corrected chi connectivity index (χ2v) is 9.45. The number of nitrogens with zero attached hydrogens (tertiary/aromatic N) is 3. The van der Waals surface area contributed by atoms with E-state index in [1.54, 1.807) is 18.2 Å². The average Bonchev–Trinajstić information content (AvgIpc) is 2.80. The van der Waals surface area contributed by atoms with Crippen molar-refractivity contribution < 1.29 is 35.9 Å². The molecule has 1 fully saturated rings. The summed E-state index contributed by atoms with van der Waals surface area (Å²) in [5.41, 5.74) is 2.10. The number of quaternary nitrogens is 1. The summed E-state index contributed by atoms with van der Waals surface area (Å²) < 4.78 is 52.5. The fraction of sp³-hybridized carbons (Fsp3) is 0.250. The standard InChI is InChI=1S/C24H25FN3O2.H2O4S/c1-28(2)16-14-27(15-17-28)24(29)23-5-3-4-22(26-23)18-6-10-20(11-7-18)30-21-12-8-19(25)9-13-21;1-5(2,3)4/h3-13H,14-17H2,1-2H3;(H2,1,2,3,4)/q+1;/p-1. The molecule has 0 saturated carbocycles. The van der Waals surface area contributed by atoms with Crippen molar-refractivity contribution in [3.8, 4) is 22.8 Å². The second kappa shape index (κ2) is 10.9. The number of hydrogen-bond acceptors (Lipinski definition) is 6. The van der Waals surface area contributed by atoms with Crippen LogP contribution in [-0.2, 0) is 10.4 Å². The Balaban J connectivity index is 0.000000623. The maximum absolute atomic E-state index is 13.0. The average molecular weight is 504 g/mol. The fourth-order valence-corrected chi connectivity index (χ4v) is 3.42. The Bertz CT molecular complexity index is 1250. The van der Waals surface area contributed by atoms with Crippen LogP contribution in [0, 0.1) is 5.82 Å². The number of amides is 1. The minimum Gasteiger partial charge on any atom is -0.726 e. The fourth-order valence-electron chi connectivity index (χ4n) is 3.42. The van der Waals surface area contributed by atoms with Crippen LogP contribution >= 0.6 is 0 Å². The van der Waals surface area contributed by atoms with Crippen LogP contribution in [0.5, 0.6) is 11.5 Å². The van der Waals surface area contributed by atoms with Gasteiger partial charge in [0.15, 0.2) is 0 Å². The van der Waals surface area contributed by atoms with E-state index in [0.29, 0.717) is 17.2 Å². The minimum absolute atomic E-state index is 0.0205. The summed E-state index contributed by atoms with van der Waals surface area (Å²) in [5.74, 6) is 0.892. The number of aromatic nitrogens is 1. The third-order valence-electron chi connectivity index (χ3n) is 5.41. The molecule has 2 heterocycles. The van der Waals surface area contributed by atoms with Gasteiger partial charge in [0, 0.05) is 5.56 Å². The highest BCUT2D eigenvalue weighted by Crippen LogP contribution is 2.25. The van der Waals surface area contributed by atoms with Crippen molar-refractivity contribution in [2.45, 2.75) is 0 Å². The first kappa shape index (κ1) is 26.2. The van der Waals surface area contributed by atoms with Gasteiger partial charge in [0.1, 0.15) is 23.0 Å². The van der Waals surface area contributed by atoms with Gasteiger partial charge in [0.2, 0.25) is 10.4 Å². The van der Waals surface area contributed by atoms with Crippen molar-refractivity contribution >= 4 is 16.3 Å². The quantitative estimate of drug-likeness (QED) is 0.330. The van der Waals surface area contributed by atoms with Gasteiger partial charge in [-0.3, -0.25) is 9.35 Å².